The Hall–Kier alpha value is -2.93. The van der Waals surface area contributed by atoms with E-state index >= 15 is 0 Å². The molecule has 6 nitrogen and oxygen atoms in total. The predicted molar refractivity (Wildman–Crippen MR) is 98.5 cm³/mol. The highest BCUT2D eigenvalue weighted by atomic mass is 79.9. The summed E-state index contributed by atoms with van der Waals surface area (Å²) in [6, 6.07) is 13.9. The highest BCUT2D eigenvalue weighted by Crippen LogP contribution is 2.23. The molecule has 3 amide bonds. The molecule has 0 aliphatic carbocycles. The van der Waals surface area contributed by atoms with E-state index < -0.39 is 11.8 Å². The smallest absolute Gasteiger partial charge is 0.282 e. The number of hydrazine groups is 1. The van der Waals surface area contributed by atoms with Crippen LogP contribution in [0.15, 0.2) is 58.6 Å². The average molecular weight is 400 g/mol. The highest BCUT2D eigenvalue weighted by molar-refractivity contribution is 9.10. The molecule has 7 heteroatoms. The zero-order valence-corrected chi connectivity index (χ0v) is 14.8. The molecule has 1 fully saturated rings. The second-order valence-electron chi connectivity index (χ2n) is 5.42. The molecule has 0 unspecified atom stereocenters. The fourth-order valence-corrected chi connectivity index (χ4v) is 2.63. The fourth-order valence-electron chi connectivity index (χ4n) is 2.36. The first-order valence-corrected chi connectivity index (χ1v) is 8.24. The maximum atomic E-state index is 12.5. The normalized spacial score (nSPS) is 15.4. The molecule has 2 aromatic carbocycles. The highest BCUT2D eigenvalue weighted by Gasteiger charge is 2.34. The first kappa shape index (κ1) is 16.9. The molecule has 25 heavy (non-hydrogen) atoms. The molecule has 1 heterocycles. The summed E-state index contributed by atoms with van der Waals surface area (Å²) in [5, 5.41) is 3.87. The molecule has 126 valence electrons. The molecule has 1 saturated heterocycles. The minimum Gasteiger partial charge on any atom is -0.326 e. The molecule has 3 rings (SSSR count). The Labute approximate surface area is 152 Å². The Bertz CT molecular complexity index is 873. The fraction of sp³-hybridized carbons (Fsp3) is 0.0556. The summed E-state index contributed by atoms with van der Waals surface area (Å²) in [5.41, 5.74) is 4.51. The molecule has 2 aromatic rings. The molecule has 1 aliphatic heterocycles. The van der Waals surface area contributed by atoms with Crippen molar-refractivity contribution >= 4 is 51.1 Å². The molecule has 2 N–H and O–H groups in total. The molecule has 0 aromatic heterocycles. The van der Waals surface area contributed by atoms with Crippen molar-refractivity contribution in [1.82, 2.24) is 5.43 Å². The Morgan fingerprint density at radius 2 is 1.72 bits per heavy atom. The van der Waals surface area contributed by atoms with Gasteiger partial charge in [-0.1, -0.05) is 28.1 Å². The lowest BCUT2D eigenvalue weighted by Gasteiger charge is -2.14. The van der Waals surface area contributed by atoms with Crippen molar-refractivity contribution < 1.29 is 14.4 Å². The summed E-state index contributed by atoms with van der Waals surface area (Å²) in [5.74, 6) is -1.04. The van der Waals surface area contributed by atoms with E-state index in [0.29, 0.717) is 16.9 Å². The van der Waals surface area contributed by atoms with E-state index in [1.807, 2.05) is 0 Å². The second-order valence-corrected chi connectivity index (χ2v) is 6.33. The zero-order valence-electron chi connectivity index (χ0n) is 13.2. The number of benzene rings is 2. The van der Waals surface area contributed by atoms with E-state index in [1.54, 1.807) is 48.5 Å². The van der Waals surface area contributed by atoms with Gasteiger partial charge in [-0.15, -0.1) is 0 Å². The summed E-state index contributed by atoms with van der Waals surface area (Å²) in [4.78, 5) is 35.7. The molecule has 0 saturated carbocycles. The second kappa shape index (κ2) is 6.90. The van der Waals surface area contributed by atoms with E-state index in [2.05, 4.69) is 26.7 Å². The van der Waals surface area contributed by atoms with Crippen LogP contribution in [0.25, 0.3) is 6.08 Å². The Morgan fingerprint density at radius 1 is 1.08 bits per heavy atom. The van der Waals surface area contributed by atoms with Crippen LogP contribution in [0.2, 0.25) is 0 Å². The van der Waals surface area contributed by atoms with Crippen LogP contribution < -0.4 is 15.8 Å². The standard InChI is InChI=1S/C18H14BrN3O3/c1-11(23)20-14-6-2-12(3-7-14)10-16-17(24)21-22(18(16)25)15-8-4-13(19)5-9-15/h2-10H,1H3,(H,20,23)(H,21,24). The van der Waals surface area contributed by atoms with Crippen molar-refractivity contribution in [1.29, 1.82) is 0 Å². The van der Waals surface area contributed by atoms with Crippen molar-refractivity contribution in [3.63, 3.8) is 0 Å². The third-order valence-corrected chi connectivity index (χ3v) is 4.05. The monoisotopic (exact) mass is 399 g/mol. The average Bonchev–Trinajstić information content (AvgIpc) is 2.85. The summed E-state index contributed by atoms with van der Waals surface area (Å²) in [7, 11) is 0. The van der Waals surface area contributed by atoms with Crippen LogP contribution in [0, 0.1) is 0 Å². The number of rotatable bonds is 3. The summed E-state index contributed by atoms with van der Waals surface area (Å²) < 4.78 is 0.879. The third kappa shape index (κ3) is 3.77. The maximum absolute atomic E-state index is 12.5. The number of hydrogen-bond donors (Lipinski definition) is 2. The SMILES string of the molecule is CC(=O)Nc1ccc(C=C2C(=O)NN(c3ccc(Br)cc3)C2=O)cc1. The van der Waals surface area contributed by atoms with Gasteiger partial charge in [-0.3, -0.25) is 19.8 Å². The van der Waals surface area contributed by atoms with E-state index in [0.717, 1.165) is 4.47 Å². The number of carbonyl (C=O) groups is 3. The Kier molecular flexibility index (Phi) is 4.67. The van der Waals surface area contributed by atoms with Crippen LogP contribution in [0.5, 0.6) is 0 Å². The van der Waals surface area contributed by atoms with Gasteiger partial charge in [0.05, 0.1) is 5.69 Å². The maximum Gasteiger partial charge on any atom is 0.282 e. The number of halogens is 1. The van der Waals surface area contributed by atoms with Gasteiger partial charge in [0.25, 0.3) is 11.8 Å². The van der Waals surface area contributed by atoms with Crippen molar-refractivity contribution in [2.24, 2.45) is 0 Å². The van der Waals surface area contributed by atoms with Gasteiger partial charge in [-0.25, -0.2) is 5.01 Å². The van der Waals surface area contributed by atoms with Gasteiger partial charge < -0.3 is 5.32 Å². The van der Waals surface area contributed by atoms with E-state index in [9.17, 15) is 14.4 Å². The summed E-state index contributed by atoms with van der Waals surface area (Å²) in [6.07, 6.45) is 1.52. The lowest BCUT2D eigenvalue weighted by molar-refractivity contribution is -0.117. The summed E-state index contributed by atoms with van der Waals surface area (Å²) in [6.45, 7) is 1.42. The number of amides is 3. The van der Waals surface area contributed by atoms with Gasteiger partial charge in [0.15, 0.2) is 0 Å². The molecule has 1 aliphatic rings. The van der Waals surface area contributed by atoms with Gasteiger partial charge >= 0.3 is 0 Å². The quantitative estimate of drug-likeness (QED) is 0.615. The first-order chi connectivity index (χ1) is 11.9. The van der Waals surface area contributed by atoms with Crippen molar-refractivity contribution in [2.75, 3.05) is 10.3 Å². The van der Waals surface area contributed by atoms with Gasteiger partial charge in [-0.05, 0) is 48.0 Å². The first-order valence-electron chi connectivity index (χ1n) is 7.44. The predicted octanol–water partition coefficient (Wildman–Crippen LogP) is 2.87. The minimum atomic E-state index is -0.459. The van der Waals surface area contributed by atoms with Crippen LogP contribution in [-0.2, 0) is 14.4 Å². The van der Waals surface area contributed by atoms with E-state index in [1.165, 1.54) is 18.0 Å². The molecule has 0 atom stereocenters. The van der Waals surface area contributed by atoms with E-state index in [4.69, 9.17) is 0 Å². The number of carbonyl (C=O) groups excluding carboxylic acids is 3. The summed E-state index contributed by atoms with van der Waals surface area (Å²) >= 11 is 3.33. The van der Waals surface area contributed by atoms with Gasteiger partial charge in [0.2, 0.25) is 5.91 Å². The van der Waals surface area contributed by atoms with Crippen LogP contribution in [0.1, 0.15) is 12.5 Å². The van der Waals surface area contributed by atoms with Gasteiger partial charge in [0.1, 0.15) is 5.57 Å². The van der Waals surface area contributed by atoms with Gasteiger partial charge in [0, 0.05) is 17.1 Å². The largest absolute Gasteiger partial charge is 0.326 e. The van der Waals surface area contributed by atoms with E-state index in [-0.39, 0.29) is 11.5 Å². The lowest BCUT2D eigenvalue weighted by atomic mass is 10.1. The number of hydrogen-bond acceptors (Lipinski definition) is 3. The lowest BCUT2D eigenvalue weighted by Crippen LogP contribution is -2.35. The molecular formula is C18H14BrN3O3. The molecular weight excluding hydrogens is 386 g/mol. The number of anilines is 2. The van der Waals surface area contributed by atoms with Gasteiger partial charge in [-0.2, -0.15) is 0 Å². The van der Waals surface area contributed by atoms with Crippen LogP contribution in [-0.4, -0.2) is 17.7 Å². The Morgan fingerprint density at radius 3 is 2.32 bits per heavy atom. The van der Waals surface area contributed by atoms with Crippen molar-refractivity contribution in [3.05, 3.63) is 64.1 Å². The van der Waals surface area contributed by atoms with Crippen LogP contribution >= 0.6 is 15.9 Å². The molecule has 0 radical (unpaired) electrons. The number of nitrogens with one attached hydrogen (secondary N) is 2. The van der Waals surface area contributed by atoms with Crippen LogP contribution in [0.4, 0.5) is 11.4 Å². The van der Waals surface area contributed by atoms with Crippen LogP contribution in [0.3, 0.4) is 0 Å². The van der Waals surface area contributed by atoms with Crippen molar-refractivity contribution in [3.8, 4) is 0 Å². The topological polar surface area (TPSA) is 78.5 Å². The third-order valence-electron chi connectivity index (χ3n) is 3.52. The molecule has 0 spiro atoms. The molecule has 0 bridgehead atoms. The Balaban J connectivity index is 1.83. The van der Waals surface area contributed by atoms with Crippen molar-refractivity contribution in [2.45, 2.75) is 6.92 Å². The minimum absolute atomic E-state index is 0.0511. The number of nitrogens with zero attached hydrogens (tertiary/aromatic N) is 1. The zero-order chi connectivity index (χ0) is 18.0.